The fourth-order valence-electron chi connectivity index (χ4n) is 0.965. The van der Waals surface area contributed by atoms with Crippen LogP contribution in [0.3, 0.4) is 0 Å². The van der Waals surface area contributed by atoms with Crippen molar-refractivity contribution < 1.29 is 30.7 Å². The van der Waals surface area contributed by atoms with Crippen LogP contribution in [0.25, 0.3) is 6.08 Å². The van der Waals surface area contributed by atoms with Gasteiger partial charge in [0.15, 0.2) is 11.5 Å². The molecule has 0 aliphatic carbocycles. The molecule has 0 aromatic heterocycles. The van der Waals surface area contributed by atoms with Gasteiger partial charge in [0.05, 0.1) is 7.11 Å². The summed E-state index contributed by atoms with van der Waals surface area (Å²) >= 11 is 0. The van der Waals surface area contributed by atoms with Crippen molar-refractivity contribution in [2.45, 2.75) is 0 Å². The second-order valence-electron chi connectivity index (χ2n) is 2.60. The van der Waals surface area contributed by atoms with E-state index in [1.807, 2.05) is 0 Å². The van der Waals surface area contributed by atoms with Gasteiger partial charge in [-0.1, -0.05) is 6.07 Å². The number of phenols is 1. The van der Waals surface area contributed by atoms with Gasteiger partial charge in [0.25, 0.3) is 0 Å². The Bertz CT molecular complexity index is 372. The molecule has 0 atom stereocenters. The largest absolute Gasteiger partial charge is 0.504 e. The summed E-state index contributed by atoms with van der Waals surface area (Å²) in [6, 6.07) is 4.59. The van der Waals surface area contributed by atoms with Crippen molar-refractivity contribution in [1.82, 2.24) is 0 Å². The third kappa shape index (κ3) is 4.45. The second-order valence-corrected chi connectivity index (χ2v) is 2.60. The predicted molar refractivity (Wildman–Crippen MR) is 58.6 cm³/mol. The molecule has 0 saturated carbocycles. The van der Waals surface area contributed by atoms with E-state index in [4.69, 9.17) is 9.84 Å². The van der Waals surface area contributed by atoms with Crippen molar-refractivity contribution >= 4 is 12.0 Å². The molecule has 0 spiro atoms. The van der Waals surface area contributed by atoms with Crippen molar-refractivity contribution in [3.8, 4) is 11.5 Å². The third-order valence-corrected chi connectivity index (χ3v) is 1.62. The molecule has 16 heavy (non-hydrogen) atoms. The summed E-state index contributed by atoms with van der Waals surface area (Å²) in [5.41, 5.74) is 0.655. The summed E-state index contributed by atoms with van der Waals surface area (Å²) in [4.78, 5) is 10.2. The standard InChI is InChI=1S/C10H10O4.2H2O/c1-14-9-6-7(2-4-8(9)11)3-5-10(12)13;;/h2-6,11H,1H3,(H,12,13);2*1H2/b5-3-;;. The quantitative estimate of drug-likeness (QED) is 0.699. The average Bonchev–Trinajstić information content (AvgIpc) is 2.16. The molecule has 1 aromatic carbocycles. The van der Waals surface area contributed by atoms with Crippen molar-refractivity contribution in [2.75, 3.05) is 7.11 Å². The smallest absolute Gasteiger partial charge is 0.328 e. The van der Waals surface area contributed by atoms with Crippen LogP contribution >= 0.6 is 0 Å². The van der Waals surface area contributed by atoms with Gasteiger partial charge in [-0.3, -0.25) is 0 Å². The summed E-state index contributed by atoms with van der Waals surface area (Å²) in [6.07, 6.45) is 2.44. The molecule has 0 aliphatic rings. The van der Waals surface area contributed by atoms with E-state index in [0.717, 1.165) is 6.08 Å². The lowest BCUT2D eigenvalue weighted by atomic mass is 10.2. The van der Waals surface area contributed by atoms with Crippen LogP contribution in [0.5, 0.6) is 11.5 Å². The highest BCUT2D eigenvalue weighted by Gasteiger charge is 2.00. The van der Waals surface area contributed by atoms with Gasteiger partial charge in [0.2, 0.25) is 0 Å². The second kappa shape index (κ2) is 7.27. The number of hydrogen-bond acceptors (Lipinski definition) is 3. The van der Waals surface area contributed by atoms with Crippen molar-refractivity contribution in [1.29, 1.82) is 0 Å². The zero-order valence-corrected chi connectivity index (χ0v) is 8.60. The van der Waals surface area contributed by atoms with E-state index in [1.54, 1.807) is 12.1 Å². The lowest BCUT2D eigenvalue weighted by Crippen LogP contribution is -1.87. The van der Waals surface area contributed by atoms with Gasteiger partial charge >= 0.3 is 5.97 Å². The first kappa shape index (κ1) is 16.4. The summed E-state index contributed by atoms with van der Waals surface area (Å²) < 4.78 is 4.86. The molecule has 0 radical (unpaired) electrons. The molecule has 0 saturated heterocycles. The van der Waals surface area contributed by atoms with E-state index in [2.05, 4.69) is 0 Å². The number of rotatable bonds is 3. The van der Waals surface area contributed by atoms with Crippen LogP contribution in [0.15, 0.2) is 24.3 Å². The Hall–Kier alpha value is -2.05. The first-order valence-corrected chi connectivity index (χ1v) is 3.91. The van der Waals surface area contributed by atoms with Gasteiger partial charge in [-0.25, -0.2) is 4.79 Å². The highest BCUT2D eigenvalue weighted by Crippen LogP contribution is 2.26. The minimum Gasteiger partial charge on any atom is -0.504 e. The van der Waals surface area contributed by atoms with Crippen LogP contribution in [0.4, 0.5) is 0 Å². The Labute approximate surface area is 92.0 Å². The van der Waals surface area contributed by atoms with Gasteiger partial charge < -0.3 is 25.9 Å². The predicted octanol–water partition coefficient (Wildman–Crippen LogP) is -0.151. The van der Waals surface area contributed by atoms with Crippen molar-refractivity contribution in [3.63, 3.8) is 0 Å². The van der Waals surface area contributed by atoms with E-state index in [-0.39, 0.29) is 16.7 Å². The van der Waals surface area contributed by atoms with E-state index in [0.29, 0.717) is 11.3 Å². The number of ether oxygens (including phenoxy) is 1. The third-order valence-electron chi connectivity index (χ3n) is 1.62. The van der Waals surface area contributed by atoms with Gasteiger partial charge in [-0.2, -0.15) is 0 Å². The fourth-order valence-corrected chi connectivity index (χ4v) is 0.965. The number of hydrogen-bond donors (Lipinski definition) is 2. The monoisotopic (exact) mass is 230 g/mol. The van der Waals surface area contributed by atoms with Crippen LogP contribution < -0.4 is 4.74 Å². The number of methoxy groups -OCH3 is 1. The number of carboxylic acids is 1. The highest BCUT2D eigenvalue weighted by atomic mass is 16.5. The molecule has 1 rings (SSSR count). The molecule has 6 nitrogen and oxygen atoms in total. The molecule has 6 heteroatoms. The van der Waals surface area contributed by atoms with Gasteiger partial charge in [0, 0.05) is 6.08 Å². The number of carboxylic acid groups (broad SMARTS) is 1. The molecule has 90 valence electrons. The number of phenolic OH excluding ortho intramolecular Hbond substituents is 1. The maximum Gasteiger partial charge on any atom is 0.328 e. The van der Waals surface area contributed by atoms with E-state index >= 15 is 0 Å². The minimum atomic E-state index is -1.02. The summed E-state index contributed by atoms with van der Waals surface area (Å²) in [5, 5.41) is 17.6. The van der Waals surface area contributed by atoms with Gasteiger partial charge in [0.1, 0.15) is 0 Å². The van der Waals surface area contributed by atoms with Crippen LogP contribution in [0, 0.1) is 0 Å². The Kier molecular flexibility index (Phi) is 7.44. The molecular weight excluding hydrogens is 216 g/mol. The summed E-state index contributed by atoms with van der Waals surface area (Å²) in [7, 11) is 1.43. The van der Waals surface area contributed by atoms with Crippen LogP contribution in [-0.2, 0) is 4.79 Å². The maximum atomic E-state index is 10.2. The van der Waals surface area contributed by atoms with Crippen molar-refractivity contribution in [2.24, 2.45) is 0 Å². The first-order chi connectivity index (χ1) is 6.63. The number of aromatic hydroxyl groups is 1. The van der Waals surface area contributed by atoms with E-state index < -0.39 is 5.97 Å². The molecule has 1 aromatic rings. The molecule has 0 fully saturated rings. The lowest BCUT2D eigenvalue weighted by Gasteiger charge is -2.03. The SMILES string of the molecule is COc1cc(/C=C\C(=O)O)ccc1O.O.O. The molecular formula is C10H14O6. The molecule has 6 N–H and O–H groups in total. The lowest BCUT2D eigenvalue weighted by molar-refractivity contribution is -0.131. The average molecular weight is 230 g/mol. The minimum absolute atomic E-state index is 0. The van der Waals surface area contributed by atoms with E-state index in [9.17, 15) is 9.90 Å². The zero-order valence-electron chi connectivity index (χ0n) is 8.60. The van der Waals surface area contributed by atoms with E-state index in [1.165, 1.54) is 19.3 Å². The van der Waals surface area contributed by atoms with Crippen LogP contribution in [-0.4, -0.2) is 34.2 Å². The summed E-state index contributed by atoms with van der Waals surface area (Å²) in [5.74, 6) is -0.672. The molecule has 0 bridgehead atoms. The first-order valence-electron chi connectivity index (χ1n) is 3.91. The number of benzene rings is 1. The maximum absolute atomic E-state index is 10.2. The topological polar surface area (TPSA) is 130 Å². The van der Waals surface area contributed by atoms with Crippen LogP contribution in [0.2, 0.25) is 0 Å². The van der Waals surface area contributed by atoms with Crippen molar-refractivity contribution in [3.05, 3.63) is 29.8 Å². The Morgan fingerprint density at radius 1 is 1.38 bits per heavy atom. The molecule has 0 heterocycles. The summed E-state index contributed by atoms with van der Waals surface area (Å²) in [6.45, 7) is 0. The number of carbonyl (C=O) groups is 1. The Morgan fingerprint density at radius 2 is 2.00 bits per heavy atom. The molecule has 0 unspecified atom stereocenters. The van der Waals surface area contributed by atoms with Gasteiger partial charge in [-0.05, 0) is 23.8 Å². The molecule has 0 amide bonds. The zero-order chi connectivity index (χ0) is 10.6. The Balaban J connectivity index is 0. The van der Waals surface area contributed by atoms with Gasteiger partial charge in [-0.15, -0.1) is 0 Å². The molecule has 0 aliphatic heterocycles. The van der Waals surface area contributed by atoms with Crippen LogP contribution in [0.1, 0.15) is 5.56 Å². The Morgan fingerprint density at radius 3 is 2.50 bits per heavy atom. The number of aliphatic carboxylic acids is 1. The highest BCUT2D eigenvalue weighted by molar-refractivity contribution is 5.85. The fraction of sp³-hybridized carbons (Fsp3) is 0.100. The normalized spacial score (nSPS) is 9.06.